The van der Waals surface area contributed by atoms with Gasteiger partial charge in [0.25, 0.3) is 0 Å². The molecule has 86 valence electrons. The molecule has 0 saturated heterocycles. The molecule has 0 fully saturated rings. The molecule has 0 aliphatic heterocycles. The Morgan fingerprint density at radius 1 is 1.38 bits per heavy atom. The zero-order chi connectivity index (χ0) is 12.0. The summed E-state index contributed by atoms with van der Waals surface area (Å²) < 4.78 is 0. The van der Waals surface area contributed by atoms with Crippen LogP contribution in [0.2, 0.25) is 0 Å². The normalized spacial score (nSPS) is 16.1. The molecule has 0 radical (unpaired) electrons. The number of benzene rings is 1. The molecule has 3 nitrogen and oxygen atoms in total. The second-order valence-corrected chi connectivity index (χ2v) is 4.23. The lowest BCUT2D eigenvalue weighted by Gasteiger charge is -2.24. The first-order valence-electron chi connectivity index (χ1n) is 5.40. The highest BCUT2D eigenvalue weighted by Crippen LogP contribution is 2.18. The van der Waals surface area contributed by atoms with Crippen molar-refractivity contribution in [1.29, 1.82) is 5.26 Å². The molecular formula is C13H17NO2. The van der Waals surface area contributed by atoms with Crippen molar-refractivity contribution in [3.63, 3.8) is 0 Å². The fraction of sp³-hybridized carbons (Fsp3) is 0.462. The fourth-order valence-corrected chi connectivity index (χ4v) is 1.57. The summed E-state index contributed by atoms with van der Waals surface area (Å²) in [4.78, 5) is 0. The van der Waals surface area contributed by atoms with E-state index in [1.165, 1.54) is 12.5 Å². The highest BCUT2D eigenvalue weighted by molar-refractivity contribution is 5.14. The maximum Gasteiger partial charge on any atom is 0.168 e. The third-order valence-electron chi connectivity index (χ3n) is 2.70. The molecule has 0 aliphatic carbocycles. The summed E-state index contributed by atoms with van der Waals surface area (Å²) in [6.07, 6.45) is 0.685. The van der Waals surface area contributed by atoms with Crippen LogP contribution >= 0.6 is 0 Å². The Morgan fingerprint density at radius 3 is 2.56 bits per heavy atom. The lowest BCUT2D eigenvalue weighted by Crippen LogP contribution is -2.38. The van der Waals surface area contributed by atoms with E-state index in [1.54, 1.807) is 6.07 Å². The Bertz CT molecular complexity index is 354. The van der Waals surface area contributed by atoms with Gasteiger partial charge in [0, 0.05) is 0 Å². The van der Waals surface area contributed by atoms with Crippen LogP contribution in [-0.4, -0.2) is 21.9 Å². The van der Waals surface area contributed by atoms with Crippen molar-refractivity contribution in [2.24, 2.45) is 0 Å². The van der Waals surface area contributed by atoms with Gasteiger partial charge in [-0.15, -0.1) is 0 Å². The molecule has 0 heterocycles. The number of hydrogen-bond donors (Lipinski definition) is 2. The first kappa shape index (κ1) is 12.7. The third kappa shape index (κ3) is 3.65. The number of nitriles is 1. The lowest BCUT2D eigenvalue weighted by molar-refractivity contribution is -0.0409. The molecule has 16 heavy (non-hydrogen) atoms. The number of aryl methyl sites for hydroxylation is 1. The van der Waals surface area contributed by atoms with Crippen LogP contribution in [0.3, 0.4) is 0 Å². The summed E-state index contributed by atoms with van der Waals surface area (Å²) in [5.74, 6) is 0. The first-order valence-corrected chi connectivity index (χ1v) is 5.40. The van der Waals surface area contributed by atoms with Crippen molar-refractivity contribution >= 4 is 0 Å². The third-order valence-corrected chi connectivity index (χ3v) is 2.70. The van der Waals surface area contributed by atoms with Gasteiger partial charge in [0.2, 0.25) is 0 Å². The maximum absolute atomic E-state index is 9.79. The first-order chi connectivity index (χ1) is 7.56. The van der Waals surface area contributed by atoms with Gasteiger partial charge in [-0.2, -0.15) is 5.26 Å². The summed E-state index contributed by atoms with van der Waals surface area (Å²) >= 11 is 0. The SMILES string of the molecule is C[C@@](O)(CCCc1ccccc1)C(O)C#N. The molecule has 2 atom stereocenters. The van der Waals surface area contributed by atoms with Gasteiger partial charge in [0.05, 0.1) is 6.07 Å². The second-order valence-electron chi connectivity index (χ2n) is 4.23. The minimum Gasteiger partial charge on any atom is -0.386 e. The number of rotatable bonds is 5. The van der Waals surface area contributed by atoms with Crippen molar-refractivity contribution in [2.45, 2.75) is 37.9 Å². The van der Waals surface area contributed by atoms with Crippen LogP contribution in [0.25, 0.3) is 0 Å². The van der Waals surface area contributed by atoms with Gasteiger partial charge in [0.1, 0.15) is 5.60 Å². The number of aliphatic hydroxyl groups excluding tert-OH is 1. The quantitative estimate of drug-likeness (QED) is 0.740. The van der Waals surface area contributed by atoms with E-state index in [2.05, 4.69) is 0 Å². The van der Waals surface area contributed by atoms with Crippen LogP contribution in [0.15, 0.2) is 30.3 Å². The van der Waals surface area contributed by atoms with Gasteiger partial charge < -0.3 is 10.2 Å². The molecule has 0 bridgehead atoms. The smallest absolute Gasteiger partial charge is 0.168 e. The minimum absolute atomic E-state index is 0.413. The molecular weight excluding hydrogens is 202 g/mol. The number of aliphatic hydroxyl groups is 2. The molecule has 1 aromatic carbocycles. The van der Waals surface area contributed by atoms with Crippen molar-refractivity contribution < 1.29 is 10.2 Å². The van der Waals surface area contributed by atoms with Crippen molar-refractivity contribution in [3.8, 4) is 6.07 Å². The molecule has 2 N–H and O–H groups in total. The highest BCUT2D eigenvalue weighted by Gasteiger charge is 2.29. The van der Waals surface area contributed by atoms with Gasteiger partial charge in [0.15, 0.2) is 6.10 Å². The molecule has 0 saturated carbocycles. The largest absolute Gasteiger partial charge is 0.386 e. The number of hydrogen-bond acceptors (Lipinski definition) is 3. The second kappa shape index (κ2) is 5.64. The van der Waals surface area contributed by atoms with Crippen LogP contribution in [0.1, 0.15) is 25.3 Å². The van der Waals surface area contributed by atoms with Gasteiger partial charge >= 0.3 is 0 Å². The minimum atomic E-state index is -1.32. The van der Waals surface area contributed by atoms with E-state index < -0.39 is 11.7 Å². The van der Waals surface area contributed by atoms with Gasteiger partial charge in [-0.25, -0.2) is 0 Å². The van der Waals surface area contributed by atoms with E-state index in [0.717, 1.165) is 12.8 Å². The van der Waals surface area contributed by atoms with Crippen molar-refractivity contribution in [1.82, 2.24) is 0 Å². The summed E-state index contributed by atoms with van der Waals surface area (Å²) in [5, 5.41) is 27.6. The van der Waals surface area contributed by atoms with E-state index in [0.29, 0.717) is 6.42 Å². The summed E-state index contributed by atoms with van der Waals surface area (Å²) in [5.41, 5.74) is -0.117. The topological polar surface area (TPSA) is 64.2 Å². The Balaban J connectivity index is 2.39. The van der Waals surface area contributed by atoms with Crippen LogP contribution in [-0.2, 0) is 6.42 Å². The van der Waals surface area contributed by atoms with Gasteiger partial charge in [-0.3, -0.25) is 0 Å². The predicted octanol–water partition coefficient (Wildman–Crippen LogP) is 1.64. The molecule has 0 spiro atoms. The van der Waals surface area contributed by atoms with E-state index in [-0.39, 0.29) is 0 Å². The Morgan fingerprint density at radius 2 is 2.00 bits per heavy atom. The monoisotopic (exact) mass is 219 g/mol. The van der Waals surface area contributed by atoms with Crippen molar-refractivity contribution in [2.75, 3.05) is 0 Å². The Kier molecular flexibility index (Phi) is 4.48. The average molecular weight is 219 g/mol. The molecule has 3 heteroatoms. The van der Waals surface area contributed by atoms with Crippen LogP contribution in [0, 0.1) is 11.3 Å². The van der Waals surface area contributed by atoms with Crippen LogP contribution < -0.4 is 0 Å². The molecule has 1 aromatic rings. The van der Waals surface area contributed by atoms with Crippen LogP contribution in [0.5, 0.6) is 0 Å². The maximum atomic E-state index is 9.79. The molecule has 0 amide bonds. The van der Waals surface area contributed by atoms with Crippen molar-refractivity contribution in [3.05, 3.63) is 35.9 Å². The lowest BCUT2D eigenvalue weighted by atomic mass is 9.92. The predicted molar refractivity (Wildman–Crippen MR) is 61.6 cm³/mol. The molecule has 1 rings (SSSR count). The number of nitrogens with zero attached hydrogens (tertiary/aromatic N) is 1. The van der Waals surface area contributed by atoms with E-state index in [1.807, 2.05) is 30.3 Å². The van der Waals surface area contributed by atoms with E-state index >= 15 is 0 Å². The average Bonchev–Trinajstić information content (AvgIpc) is 2.29. The molecule has 0 aliphatic rings. The Labute approximate surface area is 96.0 Å². The summed E-state index contributed by atoms with van der Waals surface area (Å²) in [7, 11) is 0. The zero-order valence-corrected chi connectivity index (χ0v) is 9.43. The highest BCUT2D eigenvalue weighted by atomic mass is 16.3. The summed E-state index contributed by atoms with van der Waals surface area (Å²) in [6, 6.07) is 11.6. The molecule has 1 unspecified atom stereocenters. The standard InChI is InChI=1S/C13H17NO2/c1-13(16,12(15)10-14)9-5-8-11-6-3-2-4-7-11/h2-4,6-7,12,15-16H,5,8-9H2,1H3/t12?,13-/m1/s1. The summed E-state index contributed by atoms with van der Waals surface area (Å²) in [6.45, 7) is 1.49. The fourth-order valence-electron chi connectivity index (χ4n) is 1.57. The Hall–Kier alpha value is -1.37. The molecule has 0 aromatic heterocycles. The zero-order valence-electron chi connectivity index (χ0n) is 9.43. The van der Waals surface area contributed by atoms with E-state index in [9.17, 15) is 10.2 Å². The van der Waals surface area contributed by atoms with Crippen LogP contribution in [0.4, 0.5) is 0 Å². The van der Waals surface area contributed by atoms with Gasteiger partial charge in [-0.1, -0.05) is 30.3 Å². The van der Waals surface area contributed by atoms with E-state index in [4.69, 9.17) is 5.26 Å². The van der Waals surface area contributed by atoms with Gasteiger partial charge in [-0.05, 0) is 31.7 Å².